The van der Waals surface area contributed by atoms with E-state index in [0.29, 0.717) is 6.42 Å². The molecule has 0 spiro atoms. The maximum Gasteiger partial charge on any atom is 0.124 e. The molecule has 3 heteroatoms. The van der Waals surface area contributed by atoms with E-state index in [1.807, 2.05) is 12.2 Å². The van der Waals surface area contributed by atoms with Gasteiger partial charge < -0.3 is 5.11 Å². The van der Waals surface area contributed by atoms with Crippen molar-refractivity contribution in [3.63, 3.8) is 0 Å². The average molecular weight is 285 g/mol. The van der Waals surface area contributed by atoms with Gasteiger partial charge in [0, 0.05) is 10.9 Å². The minimum atomic E-state index is -0.765. The van der Waals surface area contributed by atoms with E-state index in [1.54, 1.807) is 6.07 Å². The Hall–Kier alpha value is -0.670. The fourth-order valence-corrected chi connectivity index (χ4v) is 2.55. The number of hydrogen-bond acceptors (Lipinski definition) is 1. The first-order chi connectivity index (χ1) is 7.59. The van der Waals surface area contributed by atoms with Gasteiger partial charge >= 0.3 is 0 Å². The maximum absolute atomic E-state index is 12.9. The van der Waals surface area contributed by atoms with Gasteiger partial charge in [-0.25, -0.2) is 4.39 Å². The van der Waals surface area contributed by atoms with E-state index in [2.05, 4.69) is 15.9 Å². The van der Waals surface area contributed by atoms with E-state index in [-0.39, 0.29) is 5.82 Å². The van der Waals surface area contributed by atoms with Crippen molar-refractivity contribution in [2.24, 2.45) is 0 Å². The Bertz CT molecular complexity index is 416. The Morgan fingerprint density at radius 3 is 2.88 bits per heavy atom. The van der Waals surface area contributed by atoms with Crippen LogP contribution in [0.3, 0.4) is 0 Å². The van der Waals surface area contributed by atoms with Crippen LogP contribution in [0.25, 0.3) is 0 Å². The summed E-state index contributed by atoms with van der Waals surface area (Å²) in [7, 11) is 0. The first-order valence-corrected chi connectivity index (χ1v) is 6.22. The zero-order valence-electron chi connectivity index (χ0n) is 8.92. The van der Waals surface area contributed by atoms with Crippen LogP contribution < -0.4 is 0 Å². The van der Waals surface area contributed by atoms with Crippen LogP contribution in [0.5, 0.6) is 0 Å². The Kier molecular flexibility index (Phi) is 3.45. The predicted molar refractivity (Wildman–Crippen MR) is 65.7 cm³/mol. The molecule has 1 aliphatic rings. The summed E-state index contributed by atoms with van der Waals surface area (Å²) in [4.78, 5) is 0. The first-order valence-electron chi connectivity index (χ1n) is 5.43. The summed E-state index contributed by atoms with van der Waals surface area (Å²) in [6, 6.07) is 4.58. The molecule has 0 radical (unpaired) electrons. The fraction of sp³-hybridized carbons (Fsp3) is 0.385. The molecule has 86 valence electrons. The molecule has 0 aliphatic heterocycles. The molecule has 1 nitrogen and oxygen atoms in total. The smallest absolute Gasteiger partial charge is 0.124 e. The summed E-state index contributed by atoms with van der Waals surface area (Å²) in [5, 5.41) is 10.3. The van der Waals surface area contributed by atoms with Crippen molar-refractivity contribution in [3.8, 4) is 0 Å². The quantitative estimate of drug-likeness (QED) is 0.823. The number of allylic oxidation sites excluding steroid dienone is 1. The van der Waals surface area contributed by atoms with Crippen LogP contribution in [0.15, 0.2) is 34.8 Å². The molecule has 1 atom stereocenters. The molecule has 0 saturated carbocycles. The molecule has 1 N–H and O–H groups in total. The van der Waals surface area contributed by atoms with Gasteiger partial charge in [-0.3, -0.25) is 0 Å². The molecule has 16 heavy (non-hydrogen) atoms. The lowest BCUT2D eigenvalue weighted by atomic mass is 9.85. The van der Waals surface area contributed by atoms with E-state index in [4.69, 9.17) is 0 Å². The highest BCUT2D eigenvalue weighted by Crippen LogP contribution is 2.29. The lowest BCUT2D eigenvalue weighted by Crippen LogP contribution is -2.30. The van der Waals surface area contributed by atoms with Gasteiger partial charge in [-0.1, -0.05) is 34.1 Å². The summed E-state index contributed by atoms with van der Waals surface area (Å²) >= 11 is 3.32. The molecular weight excluding hydrogens is 271 g/mol. The first kappa shape index (κ1) is 11.8. The molecule has 0 aromatic heterocycles. The van der Waals surface area contributed by atoms with Crippen molar-refractivity contribution < 1.29 is 9.50 Å². The van der Waals surface area contributed by atoms with E-state index in [9.17, 15) is 9.50 Å². The second-order valence-electron chi connectivity index (χ2n) is 4.31. The number of halogens is 2. The normalized spacial score (nSPS) is 24.7. The molecule has 0 amide bonds. The van der Waals surface area contributed by atoms with E-state index in [0.717, 1.165) is 29.3 Å². The van der Waals surface area contributed by atoms with Gasteiger partial charge in [-0.05, 0) is 37.0 Å². The lowest BCUT2D eigenvalue weighted by molar-refractivity contribution is 0.0749. The summed E-state index contributed by atoms with van der Waals surface area (Å²) in [6.45, 7) is 0. The highest BCUT2D eigenvalue weighted by atomic mass is 79.9. The van der Waals surface area contributed by atoms with Crippen molar-refractivity contribution in [1.82, 2.24) is 0 Å². The van der Waals surface area contributed by atoms with Gasteiger partial charge in [-0.15, -0.1) is 0 Å². The minimum Gasteiger partial charge on any atom is -0.385 e. The van der Waals surface area contributed by atoms with Crippen molar-refractivity contribution >= 4 is 15.9 Å². The zero-order valence-corrected chi connectivity index (χ0v) is 10.5. The largest absolute Gasteiger partial charge is 0.385 e. The average Bonchev–Trinajstić information content (AvgIpc) is 2.23. The van der Waals surface area contributed by atoms with Gasteiger partial charge in [0.25, 0.3) is 0 Å². The van der Waals surface area contributed by atoms with Crippen LogP contribution in [-0.2, 0) is 6.42 Å². The van der Waals surface area contributed by atoms with Crippen LogP contribution in [-0.4, -0.2) is 10.7 Å². The predicted octanol–water partition coefficient (Wildman–Crippen LogP) is 3.60. The van der Waals surface area contributed by atoms with Gasteiger partial charge in [0.15, 0.2) is 0 Å². The number of aliphatic hydroxyl groups is 1. The topological polar surface area (TPSA) is 20.2 Å². The molecule has 0 fully saturated rings. The van der Waals surface area contributed by atoms with Crippen LogP contribution in [0.2, 0.25) is 0 Å². The number of rotatable bonds is 2. The molecule has 2 rings (SSSR count). The minimum absolute atomic E-state index is 0.262. The molecule has 0 heterocycles. The molecule has 0 bridgehead atoms. The maximum atomic E-state index is 12.9. The molecule has 1 aliphatic carbocycles. The second kappa shape index (κ2) is 4.68. The van der Waals surface area contributed by atoms with Crippen molar-refractivity contribution in [1.29, 1.82) is 0 Å². The molecule has 1 aromatic rings. The SMILES string of the molecule is OC1(Cc2ccc(F)cc2Br)C=CCCC1. The van der Waals surface area contributed by atoms with Crippen molar-refractivity contribution in [2.75, 3.05) is 0 Å². The second-order valence-corrected chi connectivity index (χ2v) is 5.17. The lowest BCUT2D eigenvalue weighted by Gasteiger charge is -2.28. The highest BCUT2D eigenvalue weighted by molar-refractivity contribution is 9.10. The zero-order chi connectivity index (χ0) is 11.6. The van der Waals surface area contributed by atoms with E-state index >= 15 is 0 Å². The van der Waals surface area contributed by atoms with Gasteiger partial charge in [0.05, 0.1) is 5.60 Å². The standard InChI is InChI=1S/C13H14BrFO/c14-12-8-11(15)5-4-10(12)9-13(16)6-2-1-3-7-13/h2,4-6,8,16H,1,3,7,9H2. The van der Waals surface area contributed by atoms with Crippen LogP contribution in [0.4, 0.5) is 4.39 Å². The Morgan fingerprint density at radius 2 is 2.25 bits per heavy atom. The summed E-state index contributed by atoms with van der Waals surface area (Å²) in [5.41, 5.74) is 0.175. The monoisotopic (exact) mass is 284 g/mol. The molecule has 1 unspecified atom stereocenters. The van der Waals surface area contributed by atoms with Gasteiger partial charge in [0.1, 0.15) is 5.82 Å². The third-order valence-corrected chi connectivity index (χ3v) is 3.66. The highest BCUT2D eigenvalue weighted by Gasteiger charge is 2.26. The van der Waals surface area contributed by atoms with Crippen molar-refractivity contribution in [3.05, 3.63) is 46.2 Å². The Morgan fingerprint density at radius 1 is 1.44 bits per heavy atom. The summed E-state index contributed by atoms with van der Waals surface area (Å²) in [6.07, 6.45) is 7.23. The van der Waals surface area contributed by atoms with Gasteiger partial charge in [0.2, 0.25) is 0 Å². The van der Waals surface area contributed by atoms with Crippen LogP contribution in [0, 0.1) is 5.82 Å². The van der Waals surface area contributed by atoms with Gasteiger partial charge in [-0.2, -0.15) is 0 Å². The van der Waals surface area contributed by atoms with Crippen LogP contribution >= 0.6 is 15.9 Å². The Balaban J connectivity index is 2.20. The van der Waals surface area contributed by atoms with E-state index < -0.39 is 5.60 Å². The van der Waals surface area contributed by atoms with E-state index in [1.165, 1.54) is 12.1 Å². The summed E-state index contributed by atoms with van der Waals surface area (Å²) in [5.74, 6) is -0.262. The van der Waals surface area contributed by atoms with Crippen LogP contribution in [0.1, 0.15) is 24.8 Å². The number of benzene rings is 1. The fourth-order valence-electron chi connectivity index (χ4n) is 2.05. The van der Waals surface area contributed by atoms with Crippen molar-refractivity contribution in [2.45, 2.75) is 31.3 Å². The third-order valence-electron chi connectivity index (χ3n) is 2.92. The number of hydrogen-bond donors (Lipinski definition) is 1. The molecule has 1 aromatic carbocycles. The molecular formula is C13H14BrFO. The Labute approximate surface area is 103 Å². The summed E-state index contributed by atoms with van der Waals surface area (Å²) < 4.78 is 13.6. The molecule has 0 saturated heterocycles. The third kappa shape index (κ3) is 2.71.